The zero-order chi connectivity index (χ0) is 20.8. The number of aromatic nitrogens is 4. The molecule has 1 aliphatic heterocycles. The van der Waals surface area contributed by atoms with Gasteiger partial charge in [0.05, 0.1) is 31.5 Å². The van der Waals surface area contributed by atoms with Crippen molar-refractivity contribution in [2.45, 2.75) is 19.6 Å². The first-order valence-electron chi connectivity index (χ1n) is 9.51. The van der Waals surface area contributed by atoms with Crippen molar-refractivity contribution in [3.8, 4) is 23.3 Å². The third-order valence-electron chi connectivity index (χ3n) is 5.36. The number of rotatable bonds is 3. The zero-order valence-electron chi connectivity index (χ0n) is 16.4. The maximum Gasteiger partial charge on any atom is 0.197 e. The summed E-state index contributed by atoms with van der Waals surface area (Å²) in [5.74, 6) is 1.44. The summed E-state index contributed by atoms with van der Waals surface area (Å²) in [5.41, 5.74) is 3.68. The van der Waals surface area contributed by atoms with E-state index >= 15 is 0 Å². The van der Waals surface area contributed by atoms with Gasteiger partial charge in [0.25, 0.3) is 0 Å². The Bertz CT molecular complexity index is 1320. The van der Waals surface area contributed by atoms with Crippen LogP contribution in [0.1, 0.15) is 28.6 Å². The Balaban J connectivity index is 1.60. The normalized spacial score (nSPS) is 15.7. The summed E-state index contributed by atoms with van der Waals surface area (Å²) in [6.07, 6.45) is -0.412. The van der Waals surface area contributed by atoms with E-state index in [-0.39, 0.29) is 5.82 Å². The van der Waals surface area contributed by atoms with Crippen LogP contribution < -0.4 is 4.74 Å². The van der Waals surface area contributed by atoms with Gasteiger partial charge in [-0.3, -0.25) is 0 Å². The largest absolute Gasteiger partial charge is 0.495 e. The number of nitriles is 1. The summed E-state index contributed by atoms with van der Waals surface area (Å²) in [6.45, 7) is 2.93. The Hall–Kier alpha value is -3.70. The third-order valence-corrected chi connectivity index (χ3v) is 5.36. The number of hydrogen-bond donors (Lipinski definition) is 1. The quantitative estimate of drug-likeness (QED) is 0.561. The van der Waals surface area contributed by atoms with Crippen molar-refractivity contribution in [1.82, 2.24) is 19.7 Å². The van der Waals surface area contributed by atoms with E-state index in [4.69, 9.17) is 14.5 Å². The van der Waals surface area contributed by atoms with Crippen LogP contribution >= 0.6 is 0 Å². The fraction of sp³-hybridized carbons (Fsp3) is 0.227. The van der Waals surface area contributed by atoms with E-state index in [1.807, 2.05) is 23.7 Å². The Kier molecular flexibility index (Phi) is 4.26. The lowest BCUT2D eigenvalue weighted by molar-refractivity contribution is 0.0386. The highest BCUT2D eigenvalue weighted by Crippen LogP contribution is 2.35. The molecule has 0 bridgehead atoms. The van der Waals surface area contributed by atoms with Crippen molar-refractivity contribution in [3.63, 3.8) is 0 Å². The van der Waals surface area contributed by atoms with Crippen LogP contribution in [0.3, 0.4) is 0 Å². The number of halogens is 1. The van der Waals surface area contributed by atoms with Crippen LogP contribution in [0.2, 0.25) is 0 Å². The molecule has 30 heavy (non-hydrogen) atoms. The number of H-pyrrole nitrogens is 1. The van der Waals surface area contributed by atoms with Crippen molar-refractivity contribution in [2.75, 3.05) is 13.7 Å². The molecule has 1 aliphatic rings. The fourth-order valence-corrected chi connectivity index (χ4v) is 3.93. The van der Waals surface area contributed by atoms with E-state index in [2.05, 4.69) is 16.2 Å². The number of hydrogen-bond acceptors (Lipinski definition) is 5. The lowest BCUT2D eigenvalue weighted by atomic mass is 10.0. The molecule has 0 amide bonds. The number of nitrogens with one attached hydrogen (secondary N) is 1. The van der Waals surface area contributed by atoms with Gasteiger partial charge < -0.3 is 14.5 Å². The van der Waals surface area contributed by atoms with Crippen LogP contribution in [0.4, 0.5) is 4.39 Å². The van der Waals surface area contributed by atoms with E-state index in [9.17, 15) is 9.65 Å². The lowest BCUT2D eigenvalue weighted by Crippen LogP contribution is -2.24. The molecule has 150 valence electrons. The topological polar surface area (TPSA) is 88.8 Å². The van der Waals surface area contributed by atoms with Gasteiger partial charge >= 0.3 is 0 Å². The molecule has 1 unspecified atom stereocenters. The molecule has 7 nitrogen and oxygen atoms in total. The number of fused-ring (bicyclic) bond motifs is 2. The first-order chi connectivity index (χ1) is 14.6. The first-order valence-corrected chi connectivity index (χ1v) is 9.51. The van der Waals surface area contributed by atoms with Crippen LogP contribution in [0, 0.1) is 24.1 Å². The van der Waals surface area contributed by atoms with Gasteiger partial charge in [-0.1, -0.05) is 6.07 Å². The minimum atomic E-state index is -0.412. The minimum absolute atomic E-state index is 0.280. The van der Waals surface area contributed by atoms with Crippen molar-refractivity contribution in [3.05, 3.63) is 64.7 Å². The number of aromatic amines is 1. The average Bonchev–Trinajstić information content (AvgIpc) is 3.37. The number of nitrogens with zero attached hydrogens (tertiary/aromatic N) is 4. The van der Waals surface area contributed by atoms with Crippen molar-refractivity contribution < 1.29 is 13.9 Å². The SMILES string of the molecule is COc1c(C#N)ccc2[nH]c(-c3nc4n(n3)CCOC4c3ccc(F)cc3C)cc12. The van der Waals surface area contributed by atoms with Gasteiger partial charge in [0.15, 0.2) is 11.6 Å². The van der Waals surface area contributed by atoms with Crippen LogP contribution in [0.15, 0.2) is 36.4 Å². The van der Waals surface area contributed by atoms with E-state index in [0.29, 0.717) is 36.1 Å². The van der Waals surface area contributed by atoms with Gasteiger partial charge in [-0.2, -0.15) is 5.26 Å². The van der Waals surface area contributed by atoms with Crippen LogP contribution in [0.25, 0.3) is 22.4 Å². The summed E-state index contributed by atoms with van der Waals surface area (Å²) in [4.78, 5) is 8.03. The lowest BCUT2D eigenvalue weighted by Gasteiger charge is -2.24. The molecule has 5 rings (SSSR count). The molecule has 0 saturated heterocycles. The monoisotopic (exact) mass is 403 g/mol. The molecule has 0 radical (unpaired) electrons. The third kappa shape index (κ3) is 2.83. The molecular weight excluding hydrogens is 385 g/mol. The number of ether oxygens (including phenoxy) is 2. The van der Waals surface area contributed by atoms with E-state index in [1.54, 1.807) is 19.2 Å². The number of methoxy groups -OCH3 is 1. The van der Waals surface area contributed by atoms with E-state index in [0.717, 1.165) is 27.7 Å². The average molecular weight is 403 g/mol. The highest BCUT2D eigenvalue weighted by molar-refractivity contribution is 5.92. The van der Waals surface area contributed by atoms with Crippen LogP contribution in [-0.2, 0) is 11.3 Å². The second-order valence-corrected chi connectivity index (χ2v) is 7.17. The van der Waals surface area contributed by atoms with Crippen LogP contribution in [0.5, 0.6) is 5.75 Å². The number of benzene rings is 2. The summed E-state index contributed by atoms with van der Waals surface area (Å²) in [5, 5.41) is 14.8. The highest BCUT2D eigenvalue weighted by Gasteiger charge is 2.28. The summed E-state index contributed by atoms with van der Waals surface area (Å²) < 4.78 is 26.8. The van der Waals surface area contributed by atoms with E-state index in [1.165, 1.54) is 12.1 Å². The molecule has 0 aliphatic carbocycles. The van der Waals surface area contributed by atoms with Gasteiger partial charge in [-0.05, 0) is 48.4 Å². The first kappa shape index (κ1) is 18.3. The molecule has 0 saturated carbocycles. The van der Waals surface area contributed by atoms with Gasteiger partial charge in [-0.25, -0.2) is 14.1 Å². The smallest absolute Gasteiger partial charge is 0.197 e. The van der Waals surface area contributed by atoms with Gasteiger partial charge in [0.1, 0.15) is 23.7 Å². The molecule has 0 fully saturated rings. The Morgan fingerprint density at radius 3 is 2.93 bits per heavy atom. The molecule has 2 aromatic carbocycles. The molecule has 8 heteroatoms. The molecule has 0 spiro atoms. The summed E-state index contributed by atoms with van der Waals surface area (Å²) in [6, 6.07) is 12.2. The van der Waals surface area contributed by atoms with Gasteiger partial charge in [0, 0.05) is 10.9 Å². The Morgan fingerprint density at radius 2 is 2.17 bits per heavy atom. The highest BCUT2D eigenvalue weighted by atomic mass is 19.1. The molecule has 1 N–H and O–H groups in total. The van der Waals surface area contributed by atoms with Crippen molar-refractivity contribution >= 4 is 10.9 Å². The summed E-state index contributed by atoms with van der Waals surface area (Å²) in [7, 11) is 1.54. The molecule has 3 heterocycles. The molecule has 2 aromatic heterocycles. The number of aryl methyl sites for hydroxylation is 1. The Labute approximate surface area is 171 Å². The predicted octanol–water partition coefficient (Wildman–Crippen LogP) is 3.87. The second kappa shape index (κ2) is 6.97. The predicted molar refractivity (Wildman–Crippen MR) is 108 cm³/mol. The van der Waals surface area contributed by atoms with Crippen LogP contribution in [-0.4, -0.2) is 33.5 Å². The fourth-order valence-electron chi connectivity index (χ4n) is 3.93. The molecular formula is C22H18FN5O2. The van der Waals surface area contributed by atoms with Gasteiger partial charge in [-0.15, -0.1) is 5.10 Å². The second-order valence-electron chi connectivity index (χ2n) is 7.17. The van der Waals surface area contributed by atoms with E-state index < -0.39 is 6.10 Å². The van der Waals surface area contributed by atoms with Crippen molar-refractivity contribution in [2.24, 2.45) is 0 Å². The Morgan fingerprint density at radius 1 is 1.30 bits per heavy atom. The zero-order valence-corrected chi connectivity index (χ0v) is 16.4. The molecule has 4 aromatic rings. The maximum atomic E-state index is 13.5. The van der Waals surface area contributed by atoms with Gasteiger partial charge in [0.2, 0.25) is 0 Å². The summed E-state index contributed by atoms with van der Waals surface area (Å²) >= 11 is 0. The standard InChI is InChI=1S/C22H18FN5O2/c1-12-9-14(23)4-5-15(12)20-22-26-21(27-28(22)7-8-30-20)18-10-16-17(25-18)6-3-13(11-24)19(16)29-2/h3-6,9-10,20,25H,7-8H2,1-2H3. The molecule has 1 atom stereocenters. The van der Waals surface area contributed by atoms with Crippen molar-refractivity contribution in [1.29, 1.82) is 5.26 Å². The maximum absolute atomic E-state index is 13.5. The minimum Gasteiger partial charge on any atom is -0.495 e.